The first kappa shape index (κ1) is 28.4. The molecule has 2 aliphatic rings. The quantitative estimate of drug-likeness (QED) is 0.297. The highest BCUT2D eigenvalue weighted by Crippen LogP contribution is 2.27. The van der Waals surface area contributed by atoms with E-state index in [0.717, 1.165) is 37.2 Å². The molecule has 0 aliphatic carbocycles. The summed E-state index contributed by atoms with van der Waals surface area (Å²) >= 11 is 0. The van der Waals surface area contributed by atoms with Gasteiger partial charge in [0.1, 0.15) is 17.8 Å². The summed E-state index contributed by atoms with van der Waals surface area (Å²) in [4.78, 5) is 27.0. The van der Waals surface area contributed by atoms with Crippen LogP contribution in [0.4, 0.5) is 24.8 Å². The third-order valence-corrected chi connectivity index (χ3v) is 7.52. The Kier molecular flexibility index (Phi) is 7.82. The van der Waals surface area contributed by atoms with Gasteiger partial charge in [0.25, 0.3) is 5.56 Å². The predicted octanol–water partition coefficient (Wildman–Crippen LogP) is 5.24. The van der Waals surface area contributed by atoms with Gasteiger partial charge in [-0.25, -0.2) is 4.98 Å². The third-order valence-electron chi connectivity index (χ3n) is 7.52. The van der Waals surface area contributed by atoms with Gasteiger partial charge in [-0.3, -0.25) is 14.4 Å². The summed E-state index contributed by atoms with van der Waals surface area (Å²) in [6, 6.07) is 9.62. The Morgan fingerprint density at radius 1 is 1.19 bits per heavy atom. The minimum atomic E-state index is -4.51. The molecular weight excluding hydrogens is 559 g/mol. The number of hydrogen-bond donors (Lipinski definition) is 2. The molecule has 1 aromatic carbocycles. The van der Waals surface area contributed by atoms with Crippen LogP contribution in [-0.4, -0.2) is 45.2 Å². The van der Waals surface area contributed by atoms with E-state index in [9.17, 15) is 18.0 Å². The molecule has 2 N–H and O–H groups in total. The number of benzene rings is 1. The summed E-state index contributed by atoms with van der Waals surface area (Å²) in [6.45, 7) is 3.65. The first-order valence-electron chi connectivity index (χ1n) is 14.0. The number of aliphatic imine (C=N–C) groups is 1. The van der Waals surface area contributed by atoms with Crippen LogP contribution in [0.3, 0.4) is 0 Å². The van der Waals surface area contributed by atoms with E-state index in [-0.39, 0.29) is 35.0 Å². The molecule has 1 saturated heterocycles. The van der Waals surface area contributed by atoms with Crippen molar-refractivity contribution in [2.75, 3.05) is 18.4 Å². The van der Waals surface area contributed by atoms with Crippen molar-refractivity contribution in [2.45, 2.75) is 51.2 Å². The van der Waals surface area contributed by atoms with E-state index in [1.165, 1.54) is 16.3 Å². The summed E-state index contributed by atoms with van der Waals surface area (Å²) in [5.41, 5.74) is 3.54. The largest absolute Gasteiger partial charge is 0.396 e. The van der Waals surface area contributed by atoms with E-state index in [1.54, 1.807) is 18.5 Å². The van der Waals surface area contributed by atoms with Crippen molar-refractivity contribution in [3.05, 3.63) is 86.8 Å². The summed E-state index contributed by atoms with van der Waals surface area (Å²) in [5.74, 6) is 6.15. The minimum absolute atomic E-state index is 0.116. The van der Waals surface area contributed by atoms with E-state index in [1.807, 2.05) is 19.1 Å². The van der Waals surface area contributed by atoms with Crippen molar-refractivity contribution in [3.8, 4) is 11.8 Å². The summed E-state index contributed by atoms with van der Waals surface area (Å²) < 4.78 is 45.7. The van der Waals surface area contributed by atoms with Gasteiger partial charge in [0.15, 0.2) is 5.76 Å². The van der Waals surface area contributed by atoms with Crippen LogP contribution in [0.2, 0.25) is 0 Å². The van der Waals surface area contributed by atoms with Crippen LogP contribution in [0.1, 0.15) is 54.6 Å². The molecule has 0 amide bonds. The molecule has 3 aromatic heterocycles. The number of hydrogen-bond acceptors (Lipinski definition) is 8. The molecule has 6 rings (SSSR count). The molecule has 2 aliphatic heterocycles. The normalized spacial score (nSPS) is 16.9. The fourth-order valence-corrected chi connectivity index (χ4v) is 5.22. The Labute approximate surface area is 244 Å². The number of piperidine rings is 1. The average Bonchev–Trinajstić information content (AvgIpc) is 3.61. The standard InChI is InChI=1S/C31H28F3N7O2/c1-19-10-12-36-26(19)9-6-21-13-23-16-37-30(39-25-7-4-20(5-8-25)22-3-2-11-35-15-22)40-28(23)41(29(21)42)18-24-17-38-43-27(24)14-31(32,33)34/h4-5,7-8,12-13,16-17,22,35H,2-3,10-11,14-15,18H2,1H3,(H,37,39,40). The van der Waals surface area contributed by atoms with E-state index in [4.69, 9.17) is 4.52 Å². The van der Waals surface area contributed by atoms with Gasteiger partial charge in [0.2, 0.25) is 5.95 Å². The number of aromatic nitrogens is 4. The van der Waals surface area contributed by atoms with Gasteiger partial charge in [-0.2, -0.15) is 18.2 Å². The summed E-state index contributed by atoms with van der Waals surface area (Å²) in [5, 5.41) is 10.6. The topological polar surface area (TPSA) is 110 Å². The molecular formula is C31H28F3N7O2. The van der Waals surface area contributed by atoms with E-state index >= 15 is 0 Å². The maximum absolute atomic E-state index is 13.7. The lowest BCUT2D eigenvalue weighted by Gasteiger charge is -2.23. The molecule has 0 spiro atoms. The van der Waals surface area contributed by atoms with Crippen molar-refractivity contribution in [3.63, 3.8) is 0 Å². The zero-order chi connectivity index (χ0) is 30.0. The molecule has 1 unspecified atom stereocenters. The molecule has 9 nitrogen and oxygen atoms in total. The van der Waals surface area contributed by atoms with Gasteiger partial charge in [-0.1, -0.05) is 23.2 Å². The number of anilines is 2. The number of halogens is 3. The summed E-state index contributed by atoms with van der Waals surface area (Å²) in [7, 11) is 0. The monoisotopic (exact) mass is 587 g/mol. The first-order chi connectivity index (χ1) is 20.7. The molecule has 1 atom stereocenters. The third kappa shape index (κ3) is 6.52. The van der Waals surface area contributed by atoms with Crippen LogP contribution in [0.5, 0.6) is 0 Å². The van der Waals surface area contributed by atoms with E-state index in [2.05, 4.69) is 54.7 Å². The van der Waals surface area contributed by atoms with E-state index < -0.39 is 18.2 Å². The lowest BCUT2D eigenvalue weighted by Crippen LogP contribution is -2.28. The zero-order valence-electron chi connectivity index (χ0n) is 23.3. The highest BCUT2D eigenvalue weighted by Gasteiger charge is 2.31. The number of nitrogens with zero attached hydrogens (tertiary/aromatic N) is 5. The number of rotatable bonds is 6. The number of pyridine rings is 1. The second-order valence-electron chi connectivity index (χ2n) is 10.7. The number of allylic oxidation sites excluding steroid dienone is 2. The molecule has 0 radical (unpaired) electrons. The average molecular weight is 588 g/mol. The first-order valence-corrected chi connectivity index (χ1v) is 14.0. The van der Waals surface area contributed by atoms with Gasteiger partial charge in [-0.05, 0) is 67.5 Å². The molecule has 12 heteroatoms. The highest BCUT2D eigenvalue weighted by molar-refractivity contribution is 5.78. The summed E-state index contributed by atoms with van der Waals surface area (Å²) in [6.07, 6.45) is 1.63. The van der Waals surface area contributed by atoms with Crippen molar-refractivity contribution in [1.82, 2.24) is 25.0 Å². The van der Waals surface area contributed by atoms with Crippen LogP contribution >= 0.6 is 0 Å². The molecule has 5 heterocycles. The maximum Gasteiger partial charge on any atom is 0.396 e. The smallest absolute Gasteiger partial charge is 0.361 e. The van der Waals surface area contributed by atoms with Gasteiger partial charge >= 0.3 is 6.18 Å². The van der Waals surface area contributed by atoms with Crippen molar-refractivity contribution in [2.24, 2.45) is 4.99 Å². The Morgan fingerprint density at radius 3 is 2.74 bits per heavy atom. The number of nitrogens with one attached hydrogen (secondary N) is 2. The molecule has 4 aromatic rings. The fraction of sp³-hybridized carbons (Fsp3) is 0.323. The molecule has 1 fully saturated rings. The van der Waals surface area contributed by atoms with Gasteiger partial charge < -0.3 is 15.2 Å². The van der Waals surface area contributed by atoms with Gasteiger partial charge in [-0.15, -0.1) is 0 Å². The Morgan fingerprint density at radius 2 is 2.02 bits per heavy atom. The van der Waals surface area contributed by atoms with Crippen LogP contribution in [0.15, 0.2) is 68.3 Å². The Bertz CT molecular complexity index is 1840. The van der Waals surface area contributed by atoms with Crippen LogP contribution in [-0.2, 0) is 13.0 Å². The van der Waals surface area contributed by atoms with Crippen LogP contribution in [0.25, 0.3) is 11.0 Å². The fourth-order valence-electron chi connectivity index (χ4n) is 5.22. The van der Waals surface area contributed by atoms with Crippen molar-refractivity contribution < 1.29 is 17.7 Å². The van der Waals surface area contributed by atoms with E-state index in [0.29, 0.717) is 23.4 Å². The highest BCUT2D eigenvalue weighted by atomic mass is 19.4. The molecule has 0 bridgehead atoms. The predicted molar refractivity (Wildman–Crippen MR) is 156 cm³/mol. The maximum atomic E-state index is 13.7. The number of fused-ring (bicyclic) bond motifs is 1. The van der Waals surface area contributed by atoms with Gasteiger partial charge in [0, 0.05) is 42.0 Å². The molecule has 43 heavy (non-hydrogen) atoms. The van der Waals surface area contributed by atoms with Crippen molar-refractivity contribution in [1.29, 1.82) is 0 Å². The number of alkyl halides is 3. The lowest BCUT2D eigenvalue weighted by atomic mass is 9.92. The van der Waals surface area contributed by atoms with Crippen LogP contribution in [0, 0.1) is 11.8 Å². The zero-order valence-corrected chi connectivity index (χ0v) is 23.3. The SMILES string of the molecule is CC1=C(C#Cc2cc3cnc(Nc4ccc(C5CCCNC5)cc4)nc3n(Cc3cnoc3CC(F)(F)F)c2=O)N=CC1. The second-order valence-corrected chi connectivity index (χ2v) is 10.7. The van der Waals surface area contributed by atoms with Gasteiger partial charge in [0.05, 0.1) is 18.3 Å². The molecule has 220 valence electrons. The second kappa shape index (κ2) is 11.9. The van der Waals surface area contributed by atoms with Crippen molar-refractivity contribution >= 4 is 28.9 Å². The molecule has 0 saturated carbocycles. The van der Waals surface area contributed by atoms with Crippen LogP contribution < -0.4 is 16.2 Å². The Hall–Kier alpha value is -4.76. The minimum Gasteiger partial charge on any atom is -0.361 e. The lowest BCUT2D eigenvalue weighted by molar-refractivity contribution is -0.130. The Balaban J connectivity index is 1.37.